The van der Waals surface area contributed by atoms with E-state index in [0.29, 0.717) is 0 Å². The molecule has 4 nitrogen and oxygen atoms in total. The normalized spacial score (nSPS) is 17.6. The van der Waals surface area contributed by atoms with Gasteiger partial charge in [-0.15, -0.1) is 0 Å². The van der Waals surface area contributed by atoms with Crippen LogP contribution in [0.5, 0.6) is 0 Å². The molecule has 3 aromatic rings. The Hall–Kier alpha value is -1.42. The average molecular weight is 571 g/mol. The molecule has 0 saturated carbocycles. The fourth-order valence-electron chi connectivity index (χ4n) is 4.55. The van der Waals surface area contributed by atoms with E-state index in [1.165, 1.54) is 0 Å². The van der Waals surface area contributed by atoms with Crippen molar-refractivity contribution in [2.24, 2.45) is 0 Å². The van der Waals surface area contributed by atoms with Gasteiger partial charge in [0.2, 0.25) is 0 Å². The number of rotatable bonds is 11. The quantitative estimate of drug-likeness (QED) is 0.279. The van der Waals surface area contributed by atoms with Crippen LogP contribution in [-0.4, -0.2) is 42.3 Å². The van der Waals surface area contributed by atoms with Crippen molar-refractivity contribution >= 4 is 57.9 Å². The third-order valence-electron chi connectivity index (χ3n) is 5.68. The third-order valence-corrected chi connectivity index (χ3v) is 24.1. The molecule has 0 heterocycles. The van der Waals surface area contributed by atoms with E-state index in [-0.39, 0.29) is 0 Å². The molecular weight excluding hydrogens is 529 g/mol. The predicted octanol–water partition coefficient (Wildman–Crippen LogP) is 5.66. The van der Waals surface area contributed by atoms with Crippen molar-refractivity contribution in [3.63, 3.8) is 0 Å². The van der Waals surface area contributed by atoms with Crippen LogP contribution in [0.4, 0.5) is 0 Å². The van der Waals surface area contributed by atoms with Crippen LogP contribution in [0.15, 0.2) is 91.0 Å². The van der Waals surface area contributed by atoms with Crippen LogP contribution >= 0.6 is 0 Å². The Morgan fingerprint density at radius 3 is 0.778 bits per heavy atom. The standard InChI is InChI=1S/C27H42O4Si5/c1-32(2,3)28-34(7,25-19-13-10-14-20-25)30-36(9,27-23-17-12-18-24-27)31-35(8,29-33(4,5)6)26-21-15-11-16-22-26/h10-24H,1-9H3. The van der Waals surface area contributed by atoms with Gasteiger partial charge in [0.15, 0.2) is 16.6 Å². The van der Waals surface area contributed by atoms with Gasteiger partial charge in [-0.2, -0.15) is 0 Å². The molecule has 0 aliphatic heterocycles. The van der Waals surface area contributed by atoms with Crippen molar-refractivity contribution in [2.45, 2.75) is 58.9 Å². The van der Waals surface area contributed by atoms with Crippen molar-refractivity contribution in [1.29, 1.82) is 0 Å². The molecule has 36 heavy (non-hydrogen) atoms. The molecule has 194 valence electrons. The summed E-state index contributed by atoms with van der Waals surface area (Å²) in [6.45, 7) is 19.9. The largest absolute Gasteiger partial charge is 0.433 e. The molecule has 0 amide bonds. The molecule has 0 N–H and O–H groups in total. The van der Waals surface area contributed by atoms with E-state index in [4.69, 9.17) is 16.5 Å². The highest BCUT2D eigenvalue weighted by Gasteiger charge is 2.53. The first-order chi connectivity index (χ1) is 16.6. The lowest BCUT2D eigenvalue weighted by Crippen LogP contribution is -2.71. The van der Waals surface area contributed by atoms with Gasteiger partial charge in [0.25, 0.3) is 0 Å². The van der Waals surface area contributed by atoms with Crippen molar-refractivity contribution in [3.8, 4) is 0 Å². The summed E-state index contributed by atoms with van der Waals surface area (Å²) in [5.74, 6) is 0. The zero-order valence-electron chi connectivity index (χ0n) is 23.3. The van der Waals surface area contributed by atoms with Gasteiger partial charge in [0.05, 0.1) is 0 Å². The predicted molar refractivity (Wildman–Crippen MR) is 164 cm³/mol. The maximum absolute atomic E-state index is 7.34. The second-order valence-electron chi connectivity index (χ2n) is 11.6. The summed E-state index contributed by atoms with van der Waals surface area (Å²) >= 11 is 0. The molecule has 0 fully saturated rings. The van der Waals surface area contributed by atoms with Crippen LogP contribution < -0.4 is 15.6 Å². The number of hydrogen-bond acceptors (Lipinski definition) is 4. The summed E-state index contributed by atoms with van der Waals surface area (Å²) in [7, 11) is -12.7. The molecule has 3 aromatic carbocycles. The highest BCUT2D eigenvalue weighted by atomic mass is 28.5. The lowest BCUT2D eigenvalue weighted by molar-refractivity contribution is 0.313. The SMILES string of the molecule is C[Si](C)(C)O[Si](C)(O[Si](C)(O[Si](C)(O[Si](C)(C)C)c1ccccc1)c1ccccc1)c1ccccc1. The fourth-order valence-corrected chi connectivity index (χ4v) is 26.7. The highest BCUT2D eigenvalue weighted by molar-refractivity contribution is 7.01. The van der Waals surface area contributed by atoms with Gasteiger partial charge >= 0.3 is 25.7 Å². The Bertz CT molecular complexity index is 1040. The molecule has 0 aromatic heterocycles. The third kappa shape index (κ3) is 7.79. The van der Waals surface area contributed by atoms with E-state index < -0.39 is 42.3 Å². The summed E-state index contributed by atoms with van der Waals surface area (Å²) in [4.78, 5) is 0. The van der Waals surface area contributed by atoms with Crippen LogP contribution in [0, 0.1) is 0 Å². The minimum absolute atomic E-state index is 1.09. The Morgan fingerprint density at radius 2 is 0.556 bits per heavy atom. The summed E-state index contributed by atoms with van der Waals surface area (Å²) in [6.07, 6.45) is 0. The minimum Gasteiger partial charge on any atom is -0.433 e. The van der Waals surface area contributed by atoms with Crippen LogP contribution in [0.25, 0.3) is 0 Å². The van der Waals surface area contributed by atoms with Gasteiger partial charge in [0.1, 0.15) is 0 Å². The van der Waals surface area contributed by atoms with E-state index in [1.807, 2.05) is 18.2 Å². The van der Waals surface area contributed by atoms with Gasteiger partial charge in [-0.05, 0) is 74.5 Å². The fraction of sp³-hybridized carbons (Fsp3) is 0.333. The van der Waals surface area contributed by atoms with Gasteiger partial charge in [0, 0.05) is 0 Å². The van der Waals surface area contributed by atoms with E-state index >= 15 is 0 Å². The highest BCUT2D eigenvalue weighted by Crippen LogP contribution is 2.26. The molecule has 0 saturated heterocycles. The van der Waals surface area contributed by atoms with Crippen molar-refractivity contribution < 1.29 is 16.5 Å². The van der Waals surface area contributed by atoms with Crippen LogP contribution in [0.3, 0.4) is 0 Å². The van der Waals surface area contributed by atoms with Crippen molar-refractivity contribution in [2.75, 3.05) is 0 Å². The number of hydrogen-bond donors (Lipinski definition) is 0. The molecule has 2 unspecified atom stereocenters. The topological polar surface area (TPSA) is 36.9 Å². The summed E-state index contributed by atoms with van der Waals surface area (Å²) in [5, 5.41) is 3.34. The summed E-state index contributed by atoms with van der Waals surface area (Å²) in [6, 6.07) is 31.3. The zero-order chi connectivity index (χ0) is 26.7. The van der Waals surface area contributed by atoms with Gasteiger partial charge in [-0.3, -0.25) is 0 Å². The molecule has 0 spiro atoms. The molecule has 9 heteroatoms. The van der Waals surface area contributed by atoms with E-state index in [9.17, 15) is 0 Å². The van der Waals surface area contributed by atoms with Gasteiger partial charge in [-0.25, -0.2) is 0 Å². The van der Waals surface area contributed by atoms with Crippen LogP contribution in [-0.2, 0) is 16.5 Å². The maximum Gasteiger partial charge on any atom is 0.352 e. The van der Waals surface area contributed by atoms with E-state index in [1.54, 1.807) is 0 Å². The summed E-state index contributed by atoms with van der Waals surface area (Å²) in [5.41, 5.74) is 0. The van der Waals surface area contributed by atoms with Gasteiger partial charge < -0.3 is 16.5 Å². The van der Waals surface area contributed by atoms with Crippen LogP contribution in [0.1, 0.15) is 0 Å². The molecule has 0 aliphatic carbocycles. The minimum atomic E-state index is -3.04. The van der Waals surface area contributed by atoms with Crippen molar-refractivity contribution in [3.05, 3.63) is 91.0 Å². The van der Waals surface area contributed by atoms with E-state index in [2.05, 4.69) is 132 Å². The Kier molecular flexibility index (Phi) is 9.02. The molecule has 3 rings (SSSR count). The second-order valence-corrected chi connectivity index (χ2v) is 30.7. The number of benzene rings is 3. The van der Waals surface area contributed by atoms with Crippen molar-refractivity contribution in [1.82, 2.24) is 0 Å². The van der Waals surface area contributed by atoms with Gasteiger partial charge in [-0.1, -0.05) is 91.0 Å². The first kappa shape index (κ1) is 29.1. The lowest BCUT2D eigenvalue weighted by atomic mass is 10.4. The summed E-state index contributed by atoms with van der Waals surface area (Å²) < 4.78 is 28.6. The second kappa shape index (κ2) is 11.1. The molecule has 0 radical (unpaired) electrons. The lowest BCUT2D eigenvalue weighted by Gasteiger charge is -2.45. The molecule has 0 aliphatic rings. The zero-order valence-corrected chi connectivity index (χ0v) is 28.3. The Labute approximate surface area is 223 Å². The van der Waals surface area contributed by atoms with E-state index in [0.717, 1.165) is 15.6 Å². The average Bonchev–Trinajstić information content (AvgIpc) is 2.78. The molecular formula is C27H42O4Si5. The molecule has 2 atom stereocenters. The first-order valence-corrected chi connectivity index (χ1v) is 26.4. The Morgan fingerprint density at radius 1 is 0.333 bits per heavy atom. The van der Waals surface area contributed by atoms with Crippen LogP contribution in [0.2, 0.25) is 58.9 Å². The Balaban J connectivity index is 2.17. The molecule has 0 bridgehead atoms. The first-order valence-electron chi connectivity index (χ1n) is 12.6. The monoisotopic (exact) mass is 570 g/mol. The maximum atomic E-state index is 7.34. The smallest absolute Gasteiger partial charge is 0.352 e.